The van der Waals surface area contributed by atoms with Crippen LogP contribution in [-0.2, 0) is 21.1 Å². The highest BCUT2D eigenvalue weighted by Crippen LogP contribution is 2.36. The molecular weight excluding hydrogens is 360 g/mol. The van der Waals surface area contributed by atoms with Crippen LogP contribution in [0, 0.1) is 0 Å². The topological polar surface area (TPSA) is 76.0 Å². The minimum absolute atomic E-state index is 0.0580. The van der Waals surface area contributed by atoms with E-state index in [0.29, 0.717) is 10.8 Å². The summed E-state index contributed by atoms with van der Waals surface area (Å²) in [4.78, 5) is 24.4. The summed E-state index contributed by atoms with van der Waals surface area (Å²) in [5.41, 5.74) is 2.61. The molecule has 1 atom stereocenters. The van der Waals surface area contributed by atoms with Crippen molar-refractivity contribution in [3.05, 3.63) is 40.5 Å². The van der Waals surface area contributed by atoms with E-state index in [9.17, 15) is 9.59 Å². The van der Waals surface area contributed by atoms with Crippen LogP contribution < -0.4 is 10.6 Å². The van der Waals surface area contributed by atoms with Crippen LogP contribution in [0.5, 0.6) is 0 Å². The maximum Gasteiger partial charge on any atom is 0.314 e. The molecule has 1 aromatic heterocycles. The lowest BCUT2D eigenvalue weighted by molar-refractivity contribution is -0.136. The smallest absolute Gasteiger partial charge is 0.314 e. The summed E-state index contributed by atoms with van der Waals surface area (Å²) in [7, 11) is 0. The van der Waals surface area contributed by atoms with Gasteiger partial charge in [0.15, 0.2) is 0 Å². The van der Waals surface area contributed by atoms with E-state index >= 15 is 0 Å². The summed E-state index contributed by atoms with van der Waals surface area (Å²) in [6.45, 7) is 3.80. The molecule has 0 saturated heterocycles. The second-order valence-corrected chi connectivity index (χ2v) is 7.32. The summed E-state index contributed by atoms with van der Waals surface area (Å²) >= 11 is 7.80. The van der Waals surface area contributed by atoms with Crippen molar-refractivity contribution in [2.45, 2.75) is 37.8 Å². The van der Waals surface area contributed by atoms with E-state index in [1.807, 2.05) is 26.0 Å². The lowest BCUT2D eigenvalue weighted by Gasteiger charge is -2.13. The predicted octanol–water partition coefficient (Wildman–Crippen LogP) is 3.13. The molecule has 1 aliphatic heterocycles. The Morgan fingerprint density at radius 3 is 2.88 bits per heavy atom. The minimum atomic E-state index is -0.692. The number of amides is 2. The fourth-order valence-corrected chi connectivity index (χ4v) is 3.71. The molecule has 2 N–H and O–H groups in total. The Bertz CT molecular complexity index is 821. The first kappa shape index (κ1) is 17.8. The van der Waals surface area contributed by atoms with Crippen LogP contribution >= 0.6 is 23.4 Å². The largest absolute Gasteiger partial charge is 0.345 e. The van der Waals surface area contributed by atoms with Gasteiger partial charge in [-0.25, -0.2) is 4.68 Å². The van der Waals surface area contributed by atoms with Gasteiger partial charge >= 0.3 is 11.8 Å². The zero-order chi connectivity index (χ0) is 18.0. The first-order chi connectivity index (χ1) is 12.0. The van der Waals surface area contributed by atoms with Gasteiger partial charge in [-0.2, -0.15) is 16.9 Å². The molecule has 0 radical (unpaired) electrons. The van der Waals surface area contributed by atoms with Gasteiger partial charge < -0.3 is 10.6 Å². The van der Waals surface area contributed by atoms with Crippen LogP contribution in [0.1, 0.15) is 31.5 Å². The third-order valence-electron chi connectivity index (χ3n) is 4.03. The van der Waals surface area contributed by atoms with Crippen LogP contribution in [0.15, 0.2) is 24.3 Å². The van der Waals surface area contributed by atoms with Gasteiger partial charge in [-0.1, -0.05) is 24.6 Å². The zero-order valence-corrected chi connectivity index (χ0v) is 15.6. The number of anilines is 1. The molecule has 25 heavy (non-hydrogen) atoms. The second kappa shape index (κ2) is 7.49. The quantitative estimate of drug-likeness (QED) is 0.801. The van der Waals surface area contributed by atoms with Gasteiger partial charge in [-0.15, -0.1) is 0 Å². The summed E-state index contributed by atoms with van der Waals surface area (Å²) in [5.74, 6) is 0.728. The van der Waals surface area contributed by atoms with Crippen molar-refractivity contribution in [2.24, 2.45) is 0 Å². The van der Waals surface area contributed by atoms with Crippen molar-refractivity contribution in [1.29, 1.82) is 0 Å². The number of rotatable bonds is 4. The van der Waals surface area contributed by atoms with Crippen molar-refractivity contribution in [3.8, 4) is 5.69 Å². The molecule has 8 heteroatoms. The number of carbonyl (C=O) groups is 2. The molecule has 2 amide bonds. The van der Waals surface area contributed by atoms with Gasteiger partial charge in [0, 0.05) is 28.1 Å². The average Bonchev–Trinajstić information content (AvgIpc) is 3.17. The Kier molecular flexibility index (Phi) is 5.34. The van der Waals surface area contributed by atoms with Gasteiger partial charge in [0.1, 0.15) is 5.82 Å². The first-order valence-corrected chi connectivity index (χ1v) is 9.59. The Labute approximate surface area is 155 Å². The van der Waals surface area contributed by atoms with Crippen LogP contribution in [0.25, 0.3) is 5.69 Å². The summed E-state index contributed by atoms with van der Waals surface area (Å²) in [6.07, 6.45) is 0.755. The minimum Gasteiger partial charge on any atom is -0.345 e. The fraction of sp³-hybridized carbons (Fsp3) is 0.353. The van der Waals surface area contributed by atoms with E-state index < -0.39 is 11.8 Å². The summed E-state index contributed by atoms with van der Waals surface area (Å²) in [5, 5.41) is 10.6. The van der Waals surface area contributed by atoms with E-state index in [1.54, 1.807) is 28.6 Å². The maximum atomic E-state index is 12.3. The van der Waals surface area contributed by atoms with Crippen LogP contribution in [0.3, 0.4) is 0 Å². The van der Waals surface area contributed by atoms with Crippen molar-refractivity contribution in [3.63, 3.8) is 0 Å². The Hall–Kier alpha value is -1.99. The normalized spacial score (nSPS) is 14.0. The predicted molar refractivity (Wildman–Crippen MR) is 100 cm³/mol. The van der Waals surface area contributed by atoms with Crippen LogP contribution in [0.2, 0.25) is 5.02 Å². The number of aromatic nitrogens is 2. The molecule has 0 aliphatic carbocycles. The number of fused-ring (bicyclic) bond motifs is 1. The highest BCUT2D eigenvalue weighted by Gasteiger charge is 2.26. The first-order valence-electron chi connectivity index (χ1n) is 8.06. The molecule has 6 nitrogen and oxygen atoms in total. The molecule has 1 unspecified atom stereocenters. The molecule has 2 aromatic rings. The lowest BCUT2D eigenvalue weighted by atomic mass is 10.2. The number of hydrogen-bond donors (Lipinski definition) is 2. The van der Waals surface area contributed by atoms with Gasteiger partial charge in [0.2, 0.25) is 0 Å². The third-order valence-corrected chi connectivity index (χ3v) is 5.24. The number of benzene rings is 1. The standard InChI is InChI=1S/C17H19ClN4O2S/c1-3-10(2)19-16(23)17(24)20-15-13-8-25-9-14(13)21-22(15)12-6-4-5-11(18)7-12/h4-7,10H,3,8-9H2,1-2H3,(H,19,23)(H,20,24). The molecule has 0 spiro atoms. The number of nitrogens with one attached hydrogen (secondary N) is 2. The highest BCUT2D eigenvalue weighted by atomic mass is 35.5. The fourth-order valence-electron chi connectivity index (χ4n) is 2.49. The van der Waals surface area contributed by atoms with E-state index in [-0.39, 0.29) is 6.04 Å². The molecule has 0 fully saturated rings. The summed E-state index contributed by atoms with van der Waals surface area (Å²) in [6, 6.07) is 7.16. The van der Waals surface area contributed by atoms with Gasteiger partial charge in [0.25, 0.3) is 0 Å². The molecule has 0 saturated carbocycles. The van der Waals surface area contributed by atoms with Gasteiger partial charge in [-0.05, 0) is 31.5 Å². The summed E-state index contributed by atoms with van der Waals surface area (Å²) < 4.78 is 1.64. The van der Waals surface area contributed by atoms with E-state index in [1.165, 1.54) is 0 Å². The number of carbonyl (C=O) groups excluding carboxylic acids is 2. The van der Waals surface area contributed by atoms with E-state index in [0.717, 1.165) is 34.9 Å². The van der Waals surface area contributed by atoms with Crippen molar-refractivity contribution in [1.82, 2.24) is 15.1 Å². The monoisotopic (exact) mass is 378 g/mol. The SMILES string of the molecule is CCC(C)NC(=O)C(=O)Nc1c2c(nn1-c1cccc(Cl)c1)CSC2. The van der Waals surface area contributed by atoms with E-state index in [2.05, 4.69) is 15.7 Å². The van der Waals surface area contributed by atoms with Crippen molar-refractivity contribution >= 4 is 41.0 Å². The van der Waals surface area contributed by atoms with Crippen LogP contribution in [0.4, 0.5) is 5.82 Å². The zero-order valence-electron chi connectivity index (χ0n) is 14.0. The van der Waals surface area contributed by atoms with Crippen molar-refractivity contribution in [2.75, 3.05) is 5.32 Å². The van der Waals surface area contributed by atoms with Gasteiger partial charge in [-0.3, -0.25) is 9.59 Å². The molecule has 1 aromatic carbocycles. The Morgan fingerprint density at radius 1 is 1.36 bits per heavy atom. The molecule has 1 aliphatic rings. The Morgan fingerprint density at radius 2 is 2.16 bits per heavy atom. The molecular formula is C17H19ClN4O2S. The number of thioether (sulfide) groups is 1. The third kappa shape index (κ3) is 3.82. The molecule has 2 heterocycles. The molecule has 132 valence electrons. The second-order valence-electron chi connectivity index (χ2n) is 5.90. The van der Waals surface area contributed by atoms with Crippen molar-refractivity contribution < 1.29 is 9.59 Å². The lowest BCUT2D eigenvalue weighted by Crippen LogP contribution is -2.40. The number of nitrogens with zero attached hydrogens (tertiary/aromatic N) is 2. The molecule has 0 bridgehead atoms. The van der Waals surface area contributed by atoms with Crippen LogP contribution in [-0.4, -0.2) is 27.6 Å². The van der Waals surface area contributed by atoms with Gasteiger partial charge in [0.05, 0.1) is 11.4 Å². The maximum absolute atomic E-state index is 12.3. The average molecular weight is 379 g/mol. The number of hydrogen-bond acceptors (Lipinski definition) is 4. The Balaban J connectivity index is 1.90. The molecule has 3 rings (SSSR count). The number of halogens is 1. The van der Waals surface area contributed by atoms with E-state index in [4.69, 9.17) is 11.6 Å². The highest BCUT2D eigenvalue weighted by molar-refractivity contribution is 7.98.